The largest absolute Gasteiger partial charge is 0.478 e. The smallest absolute Gasteiger partial charge is 0.339 e. The summed E-state index contributed by atoms with van der Waals surface area (Å²) in [6.07, 6.45) is 1.56. The van der Waals surface area contributed by atoms with Gasteiger partial charge in [0.2, 0.25) is 5.88 Å². The molecule has 2 rings (SSSR count). The number of halogens is 1. The number of rotatable bonds is 3. The molecule has 1 N–H and O–H groups in total. The van der Waals surface area contributed by atoms with Crippen LogP contribution in [0.15, 0.2) is 42.6 Å². The second-order valence-corrected chi connectivity index (χ2v) is 3.65. The van der Waals surface area contributed by atoms with Crippen molar-refractivity contribution < 1.29 is 14.6 Å². The first-order valence-electron chi connectivity index (χ1n) is 4.78. The Kier molecular flexibility index (Phi) is 3.25. The number of aromatic carboxylic acids is 1. The van der Waals surface area contributed by atoms with Crippen LogP contribution in [0.25, 0.3) is 0 Å². The van der Waals surface area contributed by atoms with Crippen LogP contribution in [0, 0.1) is 0 Å². The predicted octanol–water partition coefficient (Wildman–Crippen LogP) is 3.23. The van der Waals surface area contributed by atoms with Crippen molar-refractivity contribution in [2.24, 2.45) is 0 Å². The van der Waals surface area contributed by atoms with Crippen LogP contribution in [-0.4, -0.2) is 16.1 Å². The third-order valence-corrected chi connectivity index (χ3v) is 2.26. The topological polar surface area (TPSA) is 59.4 Å². The van der Waals surface area contributed by atoms with E-state index in [9.17, 15) is 4.79 Å². The number of carboxylic acid groups (broad SMARTS) is 1. The molecular weight excluding hydrogens is 242 g/mol. The Morgan fingerprint density at radius 1 is 1.29 bits per heavy atom. The lowest BCUT2D eigenvalue weighted by Crippen LogP contribution is -2.00. The number of aromatic nitrogens is 1. The first kappa shape index (κ1) is 11.4. The molecule has 0 unspecified atom stereocenters. The molecule has 0 aliphatic rings. The highest BCUT2D eigenvalue weighted by atomic mass is 35.5. The predicted molar refractivity (Wildman–Crippen MR) is 62.7 cm³/mol. The van der Waals surface area contributed by atoms with E-state index < -0.39 is 5.97 Å². The van der Waals surface area contributed by atoms with Gasteiger partial charge in [0.05, 0.1) is 0 Å². The molecule has 0 aliphatic heterocycles. The Hall–Kier alpha value is -2.07. The van der Waals surface area contributed by atoms with E-state index in [1.165, 1.54) is 12.1 Å². The van der Waals surface area contributed by atoms with Crippen molar-refractivity contribution in [2.75, 3.05) is 0 Å². The lowest BCUT2D eigenvalue weighted by molar-refractivity contribution is 0.0694. The van der Waals surface area contributed by atoms with Crippen LogP contribution < -0.4 is 4.74 Å². The van der Waals surface area contributed by atoms with Gasteiger partial charge in [0.15, 0.2) is 0 Å². The second-order valence-electron chi connectivity index (χ2n) is 3.22. The molecule has 0 aliphatic carbocycles. The van der Waals surface area contributed by atoms with E-state index in [0.29, 0.717) is 10.9 Å². The maximum absolute atomic E-state index is 11.0. The van der Waals surface area contributed by atoms with Crippen molar-refractivity contribution >= 4 is 17.6 Å². The molecule has 4 nitrogen and oxygen atoms in total. The van der Waals surface area contributed by atoms with Crippen LogP contribution >= 0.6 is 11.6 Å². The molecule has 0 atom stereocenters. The number of hydrogen-bond acceptors (Lipinski definition) is 3. The molecule has 17 heavy (non-hydrogen) atoms. The molecule has 1 aromatic heterocycles. The summed E-state index contributed by atoms with van der Waals surface area (Å²) in [6.45, 7) is 0. The fraction of sp³-hybridized carbons (Fsp3) is 0. The SMILES string of the molecule is O=C(O)c1cc(Cl)ccc1Oc1ccccn1. The molecule has 0 fully saturated rings. The number of nitrogens with zero attached hydrogens (tertiary/aromatic N) is 1. The van der Waals surface area contributed by atoms with Gasteiger partial charge < -0.3 is 9.84 Å². The number of hydrogen-bond donors (Lipinski definition) is 1. The van der Waals surface area contributed by atoms with Gasteiger partial charge in [-0.15, -0.1) is 0 Å². The Labute approximate surface area is 102 Å². The Bertz CT molecular complexity index is 543. The van der Waals surface area contributed by atoms with Gasteiger partial charge in [-0.3, -0.25) is 0 Å². The van der Waals surface area contributed by atoms with E-state index in [2.05, 4.69) is 4.98 Å². The van der Waals surface area contributed by atoms with Crippen LogP contribution in [0.2, 0.25) is 5.02 Å². The third-order valence-electron chi connectivity index (χ3n) is 2.02. The maximum Gasteiger partial charge on any atom is 0.339 e. The first-order valence-corrected chi connectivity index (χ1v) is 5.16. The molecular formula is C12H8ClNO3. The summed E-state index contributed by atoms with van der Waals surface area (Å²) >= 11 is 5.73. The maximum atomic E-state index is 11.0. The standard InChI is InChI=1S/C12H8ClNO3/c13-8-4-5-10(9(7-8)12(15)16)17-11-3-1-2-6-14-11/h1-7H,(H,15,16). The van der Waals surface area contributed by atoms with Gasteiger partial charge in [0, 0.05) is 17.3 Å². The molecule has 5 heteroatoms. The molecule has 1 heterocycles. The van der Waals surface area contributed by atoms with Crippen LogP contribution in [0.3, 0.4) is 0 Å². The monoisotopic (exact) mass is 249 g/mol. The van der Waals surface area contributed by atoms with Crippen LogP contribution in [-0.2, 0) is 0 Å². The normalized spacial score (nSPS) is 9.94. The van der Waals surface area contributed by atoms with Gasteiger partial charge in [-0.1, -0.05) is 17.7 Å². The van der Waals surface area contributed by atoms with Gasteiger partial charge in [-0.05, 0) is 24.3 Å². The Morgan fingerprint density at radius 2 is 2.12 bits per heavy atom. The fourth-order valence-corrected chi connectivity index (χ4v) is 1.45. The zero-order chi connectivity index (χ0) is 12.3. The van der Waals surface area contributed by atoms with E-state index in [0.717, 1.165) is 0 Å². The molecule has 0 spiro atoms. The summed E-state index contributed by atoms with van der Waals surface area (Å²) in [7, 11) is 0. The van der Waals surface area contributed by atoms with Crippen molar-refractivity contribution in [1.29, 1.82) is 0 Å². The van der Waals surface area contributed by atoms with Crippen molar-refractivity contribution in [1.82, 2.24) is 4.98 Å². The summed E-state index contributed by atoms with van der Waals surface area (Å²) in [5.74, 6) is -0.559. The highest BCUT2D eigenvalue weighted by molar-refractivity contribution is 6.31. The molecule has 1 aromatic carbocycles. The van der Waals surface area contributed by atoms with E-state index in [-0.39, 0.29) is 11.3 Å². The fourth-order valence-electron chi connectivity index (χ4n) is 1.28. The zero-order valence-corrected chi connectivity index (χ0v) is 9.39. The lowest BCUT2D eigenvalue weighted by atomic mass is 10.2. The summed E-state index contributed by atoms with van der Waals surface area (Å²) in [5.41, 5.74) is 0.00292. The number of carbonyl (C=O) groups is 1. The molecule has 0 bridgehead atoms. The van der Waals surface area contributed by atoms with Gasteiger partial charge in [0.1, 0.15) is 11.3 Å². The van der Waals surface area contributed by atoms with Gasteiger partial charge >= 0.3 is 5.97 Å². The van der Waals surface area contributed by atoms with E-state index >= 15 is 0 Å². The van der Waals surface area contributed by atoms with Crippen LogP contribution in [0.1, 0.15) is 10.4 Å². The summed E-state index contributed by atoms with van der Waals surface area (Å²) in [4.78, 5) is 15.0. The number of carboxylic acids is 1. The minimum absolute atomic E-state index is 0.00292. The van der Waals surface area contributed by atoms with Crippen molar-refractivity contribution in [3.05, 3.63) is 53.2 Å². The lowest BCUT2D eigenvalue weighted by Gasteiger charge is -2.07. The molecule has 0 saturated heterocycles. The highest BCUT2D eigenvalue weighted by Gasteiger charge is 2.12. The van der Waals surface area contributed by atoms with E-state index in [4.69, 9.17) is 21.4 Å². The van der Waals surface area contributed by atoms with Crippen LogP contribution in [0.4, 0.5) is 0 Å². The summed E-state index contributed by atoms with van der Waals surface area (Å²) in [5, 5.41) is 9.35. The second kappa shape index (κ2) is 4.84. The van der Waals surface area contributed by atoms with Crippen molar-refractivity contribution in [3.63, 3.8) is 0 Å². The first-order chi connectivity index (χ1) is 8.16. The number of pyridine rings is 1. The molecule has 0 saturated carbocycles. The summed E-state index contributed by atoms with van der Waals surface area (Å²) in [6, 6.07) is 9.53. The highest BCUT2D eigenvalue weighted by Crippen LogP contribution is 2.26. The average Bonchev–Trinajstić information content (AvgIpc) is 2.32. The van der Waals surface area contributed by atoms with Crippen LogP contribution in [0.5, 0.6) is 11.6 Å². The molecule has 0 amide bonds. The molecule has 86 valence electrons. The van der Waals surface area contributed by atoms with Gasteiger partial charge in [-0.25, -0.2) is 9.78 Å². The minimum atomic E-state index is -1.10. The summed E-state index contributed by atoms with van der Waals surface area (Å²) < 4.78 is 5.38. The molecule has 0 radical (unpaired) electrons. The van der Waals surface area contributed by atoms with Gasteiger partial charge in [0.25, 0.3) is 0 Å². The zero-order valence-electron chi connectivity index (χ0n) is 8.63. The average molecular weight is 250 g/mol. The number of benzene rings is 1. The number of ether oxygens (including phenoxy) is 1. The van der Waals surface area contributed by atoms with E-state index in [1.807, 2.05) is 0 Å². The minimum Gasteiger partial charge on any atom is -0.478 e. The van der Waals surface area contributed by atoms with Gasteiger partial charge in [-0.2, -0.15) is 0 Å². The van der Waals surface area contributed by atoms with Crippen molar-refractivity contribution in [3.8, 4) is 11.6 Å². The Balaban J connectivity index is 2.36. The van der Waals surface area contributed by atoms with E-state index in [1.54, 1.807) is 30.5 Å². The third kappa shape index (κ3) is 2.73. The quantitative estimate of drug-likeness (QED) is 0.907. The van der Waals surface area contributed by atoms with Crippen molar-refractivity contribution in [2.45, 2.75) is 0 Å². The Morgan fingerprint density at radius 3 is 2.76 bits per heavy atom. The molecule has 2 aromatic rings.